The van der Waals surface area contributed by atoms with E-state index in [-0.39, 0.29) is 17.9 Å². The average Bonchev–Trinajstić information content (AvgIpc) is 2.71. The topological polar surface area (TPSA) is 63.1 Å². The van der Waals surface area contributed by atoms with Gasteiger partial charge < -0.3 is 19.9 Å². The van der Waals surface area contributed by atoms with Gasteiger partial charge in [-0.05, 0) is 19.1 Å². The van der Waals surface area contributed by atoms with Crippen molar-refractivity contribution in [2.24, 2.45) is 0 Å². The number of nitrogens with zero attached hydrogens (tertiary/aromatic N) is 1. The highest BCUT2D eigenvalue weighted by Gasteiger charge is 2.35. The predicted molar refractivity (Wildman–Crippen MR) is 108 cm³/mol. The zero-order valence-corrected chi connectivity index (χ0v) is 16.5. The first kappa shape index (κ1) is 19.9. The highest BCUT2D eigenvalue weighted by atomic mass is 16.5. The number of hydrogen-bond donors (Lipinski definition) is 2. The van der Waals surface area contributed by atoms with Gasteiger partial charge in [0.1, 0.15) is 5.75 Å². The molecule has 0 bridgehead atoms. The molecular weight excluding hydrogens is 354 g/mol. The van der Waals surface area contributed by atoms with E-state index >= 15 is 0 Å². The molecule has 28 heavy (non-hydrogen) atoms. The Labute approximate surface area is 166 Å². The first-order chi connectivity index (χ1) is 13.6. The van der Waals surface area contributed by atoms with Crippen molar-refractivity contribution in [2.75, 3.05) is 38.1 Å². The second kappa shape index (κ2) is 9.37. The van der Waals surface area contributed by atoms with E-state index in [1.165, 1.54) is 0 Å². The maximum Gasteiger partial charge on any atom is 0.287 e. The summed E-state index contributed by atoms with van der Waals surface area (Å²) in [4.78, 5) is 28.0. The summed E-state index contributed by atoms with van der Waals surface area (Å²) in [6.45, 7) is 6.85. The number of ether oxygens (including phenoxy) is 1. The molecule has 0 saturated carbocycles. The Bertz CT molecular complexity index is 802. The highest BCUT2D eigenvalue weighted by molar-refractivity contribution is 5.95. The Morgan fingerprint density at radius 2 is 1.71 bits per heavy atom. The van der Waals surface area contributed by atoms with Crippen LogP contribution in [-0.4, -0.2) is 49.5 Å². The van der Waals surface area contributed by atoms with Gasteiger partial charge in [-0.15, -0.1) is 0 Å². The number of quaternary nitrogens is 1. The van der Waals surface area contributed by atoms with Gasteiger partial charge in [0.2, 0.25) is 5.91 Å². The number of para-hydroxylation sites is 2. The molecule has 148 valence electrons. The zero-order valence-electron chi connectivity index (χ0n) is 16.5. The van der Waals surface area contributed by atoms with Gasteiger partial charge in [-0.25, -0.2) is 0 Å². The molecule has 0 aromatic heterocycles. The van der Waals surface area contributed by atoms with E-state index in [1.54, 1.807) is 6.92 Å². The summed E-state index contributed by atoms with van der Waals surface area (Å²) in [5, 5.41) is 3.06. The van der Waals surface area contributed by atoms with Crippen LogP contribution in [0, 0.1) is 0 Å². The van der Waals surface area contributed by atoms with Gasteiger partial charge in [-0.1, -0.05) is 42.5 Å². The molecule has 1 atom stereocenters. The monoisotopic (exact) mass is 382 g/mol. The van der Waals surface area contributed by atoms with Gasteiger partial charge in [-0.3, -0.25) is 9.59 Å². The minimum atomic E-state index is -0.343. The van der Waals surface area contributed by atoms with Crippen molar-refractivity contribution in [2.45, 2.75) is 19.9 Å². The molecule has 2 aromatic carbocycles. The number of rotatable bonds is 6. The fraction of sp³-hybridized carbons (Fsp3) is 0.364. The maximum atomic E-state index is 13.3. The highest BCUT2D eigenvalue weighted by Crippen LogP contribution is 2.25. The van der Waals surface area contributed by atoms with E-state index in [1.807, 2.05) is 66.4 Å². The van der Waals surface area contributed by atoms with E-state index in [4.69, 9.17) is 4.74 Å². The number of anilines is 1. The largest absolute Gasteiger partial charge is 0.492 e. The van der Waals surface area contributed by atoms with Crippen LogP contribution < -0.4 is 15.0 Å². The first-order valence-corrected chi connectivity index (χ1v) is 9.78. The van der Waals surface area contributed by atoms with Gasteiger partial charge in [0.25, 0.3) is 5.91 Å². The van der Waals surface area contributed by atoms with Crippen molar-refractivity contribution in [1.82, 2.24) is 4.90 Å². The summed E-state index contributed by atoms with van der Waals surface area (Å²) in [5.41, 5.74) is 1.65. The van der Waals surface area contributed by atoms with Gasteiger partial charge in [0, 0.05) is 12.5 Å². The molecule has 0 spiro atoms. The van der Waals surface area contributed by atoms with Crippen LogP contribution in [0.5, 0.6) is 5.75 Å². The third-order valence-electron chi connectivity index (χ3n) is 5.10. The molecule has 0 radical (unpaired) electrons. The third-order valence-corrected chi connectivity index (χ3v) is 5.10. The first-order valence-electron chi connectivity index (χ1n) is 9.78. The molecular formula is C22H28N3O3+. The number of carbonyl (C=O) groups excluding carboxylic acids is 2. The summed E-state index contributed by atoms with van der Waals surface area (Å²) < 4.78 is 5.64. The van der Waals surface area contributed by atoms with Crippen LogP contribution in [-0.2, 0) is 9.59 Å². The minimum Gasteiger partial charge on any atom is -0.492 e. The molecule has 1 fully saturated rings. The van der Waals surface area contributed by atoms with Gasteiger partial charge >= 0.3 is 0 Å². The quantitative estimate of drug-likeness (QED) is 0.796. The number of piperazine rings is 1. The van der Waals surface area contributed by atoms with E-state index in [9.17, 15) is 9.59 Å². The molecule has 1 aliphatic rings. The fourth-order valence-corrected chi connectivity index (χ4v) is 3.67. The van der Waals surface area contributed by atoms with Crippen molar-refractivity contribution >= 4 is 17.5 Å². The van der Waals surface area contributed by atoms with Crippen LogP contribution in [0.4, 0.5) is 5.69 Å². The molecule has 2 amide bonds. The molecule has 1 heterocycles. The minimum absolute atomic E-state index is 0.0652. The van der Waals surface area contributed by atoms with E-state index in [0.717, 1.165) is 23.6 Å². The number of benzene rings is 2. The van der Waals surface area contributed by atoms with Crippen LogP contribution in [0.2, 0.25) is 0 Å². The van der Waals surface area contributed by atoms with Crippen molar-refractivity contribution in [3.8, 4) is 5.75 Å². The second-order valence-corrected chi connectivity index (χ2v) is 6.93. The van der Waals surface area contributed by atoms with Crippen molar-refractivity contribution in [3.05, 3.63) is 60.2 Å². The Morgan fingerprint density at radius 1 is 1.07 bits per heavy atom. The molecule has 2 aromatic rings. The molecule has 6 heteroatoms. The van der Waals surface area contributed by atoms with Crippen molar-refractivity contribution in [1.29, 1.82) is 0 Å². The fourth-order valence-electron chi connectivity index (χ4n) is 3.67. The number of hydrogen-bond acceptors (Lipinski definition) is 3. The van der Waals surface area contributed by atoms with Crippen LogP contribution in [0.1, 0.15) is 25.5 Å². The Hall–Kier alpha value is -2.86. The van der Waals surface area contributed by atoms with Crippen LogP contribution in [0.3, 0.4) is 0 Å². The molecule has 1 aliphatic heterocycles. The molecule has 3 rings (SSSR count). The average molecular weight is 382 g/mol. The number of amides is 2. The third kappa shape index (κ3) is 4.70. The van der Waals surface area contributed by atoms with Gasteiger partial charge in [0.05, 0.1) is 38.5 Å². The summed E-state index contributed by atoms with van der Waals surface area (Å²) in [6, 6.07) is 17.0. The molecule has 6 nitrogen and oxygen atoms in total. The lowest BCUT2D eigenvalue weighted by molar-refractivity contribution is -0.925. The van der Waals surface area contributed by atoms with E-state index in [2.05, 4.69) is 5.32 Å². The Morgan fingerprint density at radius 3 is 2.36 bits per heavy atom. The van der Waals surface area contributed by atoms with Crippen LogP contribution in [0.15, 0.2) is 54.6 Å². The summed E-state index contributed by atoms with van der Waals surface area (Å²) in [6.07, 6.45) is 0. The van der Waals surface area contributed by atoms with Crippen LogP contribution in [0.25, 0.3) is 0 Å². The summed E-state index contributed by atoms with van der Waals surface area (Å²) in [7, 11) is 0. The van der Waals surface area contributed by atoms with Gasteiger partial charge in [-0.2, -0.15) is 0 Å². The second-order valence-electron chi connectivity index (χ2n) is 6.93. The summed E-state index contributed by atoms with van der Waals surface area (Å²) >= 11 is 0. The lowest BCUT2D eigenvalue weighted by atomic mass is 10.0. The zero-order chi connectivity index (χ0) is 19.9. The molecule has 0 aliphatic carbocycles. The van der Waals surface area contributed by atoms with E-state index < -0.39 is 0 Å². The Kier molecular flexibility index (Phi) is 6.66. The van der Waals surface area contributed by atoms with Crippen molar-refractivity contribution < 1.29 is 19.2 Å². The lowest BCUT2D eigenvalue weighted by Crippen LogP contribution is -3.16. The smallest absolute Gasteiger partial charge is 0.287 e. The Balaban J connectivity index is 1.82. The van der Waals surface area contributed by atoms with Gasteiger partial charge in [0.15, 0.2) is 6.04 Å². The van der Waals surface area contributed by atoms with Crippen LogP contribution >= 0.6 is 0 Å². The molecule has 1 saturated heterocycles. The molecule has 2 N–H and O–H groups in total. The maximum absolute atomic E-state index is 13.3. The lowest BCUT2D eigenvalue weighted by Gasteiger charge is -2.35. The number of carbonyl (C=O) groups is 2. The molecule has 0 unspecified atom stereocenters. The van der Waals surface area contributed by atoms with Crippen molar-refractivity contribution in [3.63, 3.8) is 0 Å². The van der Waals surface area contributed by atoms with E-state index in [0.29, 0.717) is 31.1 Å². The predicted octanol–water partition coefficient (Wildman–Crippen LogP) is 1.51. The number of nitrogens with one attached hydrogen (secondary N) is 2. The normalized spacial score (nSPS) is 15.7. The summed E-state index contributed by atoms with van der Waals surface area (Å²) in [5.74, 6) is 0.691. The standard InChI is InChI=1S/C22H27N3O3/c1-3-28-20-12-8-7-11-19(20)23-22(27)21(18-9-5-4-6-10-18)25-15-13-24(14-16-25)17(2)26/h4-12,21H,3,13-16H2,1-2H3,(H,23,27)/p+1/t21-/m1/s1. The SMILES string of the molecule is CCOc1ccccc1NC(=O)[C@@H](c1ccccc1)[NH+]1CCN(C(C)=O)CC1.